The summed E-state index contributed by atoms with van der Waals surface area (Å²) >= 11 is 1.41. The monoisotopic (exact) mass is 400 g/mol. The second kappa shape index (κ2) is 9.24. The van der Waals surface area contributed by atoms with E-state index in [1.165, 1.54) is 29.9 Å². The summed E-state index contributed by atoms with van der Waals surface area (Å²) in [6.07, 6.45) is 7.68. The van der Waals surface area contributed by atoms with Crippen molar-refractivity contribution in [2.24, 2.45) is 5.92 Å². The third-order valence-electron chi connectivity index (χ3n) is 4.39. The Labute approximate surface area is 166 Å². The van der Waals surface area contributed by atoms with Crippen molar-refractivity contribution in [2.45, 2.75) is 26.2 Å². The van der Waals surface area contributed by atoms with Gasteiger partial charge in [-0.25, -0.2) is 4.79 Å². The minimum Gasteiger partial charge on any atom is -0.472 e. The predicted octanol–water partition coefficient (Wildman–Crippen LogP) is 4.14. The van der Waals surface area contributed by atoms with Crippen molar-refractivity contribution in [3.63, 3.8) is 0 Å². The third-order valence-corrected chi connectivity index (χ3v) is 5.56. The van der Waals surface area contributed by atoms with Crippen LogP contribution in [0.2, 0.25) is 0 Å². The van der Waals surface area contributed by atoms with Gasteiger partial charge < -0.3 is 19.2 Å². The first kappa shape index (κ1) is 19.7. The van der Waals surface area contributed by atoms with E-state index in [4.69, 9.17) is 13.9 Å². The number of anilines is 1. The van der Waals surface area contributed by atoms with Gasteiger partial charge in [-0.3, -0.25) is 4.79 Å². The van der Waals surface area contributed by atoms with E-state index in [0.717, 1.165) is 22.4 Å². The molecule has 0 radical (unpaired) electrons. The summed E-state index contributed by atoms with van der Waals surface area (Å²) in [7, 11) is 0. The molecule has 8 heteroatoms. The zero-order chi connectivity index (χ0) is 19.9. The number of hydrogen-bond donors (Lipinski definition) is 1. The number of carbonyl (C=O) groups excluding carboxylic acids is 2. The van der Waals surface area contributed by atoms with Gasteiger partial charge in [0.25, 0.3) is 0 Å². The predicted molar refractivity (Wildman–Crippen MR) is 104 cm³/mol. The molecule has 0 saturated heterocycles. The number of rotatable bonds is 6. The van der Waals surface area contributed by atoms with Gasteiger partial charge in [-0.2, -0.15) is 5.26 Å². The lowest BCUT2D eigenvalue weighted by Crippen LogP contribution is -2.21. The highest BCUT2D eigenvalue weighted by Crippen LogP contribution is 2.39. The number of thiophene rings is 1. The maximum Gasteiger partial charge on any atom is 0.508 e. The SMILES string of the molecule is CCOC(=O)OCC1CCc2c(sc(NC(=O)/C=C/c3ccoc3)c2C#N)C1. The van der Waals surface area contributed by atoms with Gasteiger partial charge in [0.15, 0.2) is 0 Å². The third kappa shape index (κ3) is 4.81. The quantitative estimate of drug-likeness (QED) is 0.577. The van der Waals surface area contributed by atoms with Gasteiger partial charge in [-0.1, -0.05) is 0 Å². The molecule has 0 saturated carbocycles. The lowest BCUT2D eigenvalue weighted by Gasteiger charge is -2.21. The Kier molecular flexibility index (Phi) is 6.50. The van der Waals surface area contributed by atoms with Crippen LogP contribution >= 0.6 is 11.3 Å². The van der Waals surface area contributed by atoms with Crippen molar-refractivity contribution in [2.75, 3.05) is 18.5 Å². The largest absolute Gasteiger partial charge is 0.508 e. The lowest BCUT2D eigenvalue weighted by atomic mass is 9.88. The molecule has 2 aromatic rings. The van der Waals surface area contributed by atoms with E-state index < -0.39 is 6.16 Å². The molecule has 0 aromatic carbocycles. The van der Waals surface area contributed by atoms with Crippen molar-refractivity contribution in [3.8, 4) is 6.07 Å². The van der Waals surface area contributed by atoms with E-state index in [2.05, 4.69) is 11.4 Å². The maximum absolute atomic E-state index is 12.2. The fraction of sp³-hybridized carbons (Fsp3) is 0.350. The molecule has 1 aliphatic rings. The minimum atomic E-state index is -0.658. The van der Waals surface area contributed by atoms with Crippen LogP contribution in [0.1, 0.15) is 34.9 Å². The molecule has 0 fully saturated rings. The van der Waals surface area contributed by atoms with Gasteiger partial charge in [-0.15, -0.1) is 11.3 Å². The molecule has 7 nitrogen and oxygen atoms in total. The average Bonchev–Trinajstić information content (AvgIpc) is 3.31. The Morgan fingerprint density at radius 3 is 3.04 bits per heavy atom. The maximum atomic E-state index is 12.2. The van der Waals surface area contributed by atoms with Crippen LogP contribution in [0.15, 0.2) is 29.1 Å². The van der Waals surface area contributed by atoms with Crippen LogP contribution < -0.4 is 5.32 Å². The second-order valence-electron chi connectivity index (χ2n) is 6.30. The summed E-state index contributed by atoms with van der Waals surface area (Å²) < 4.78 is 14.9. The molecule has 2 aromatic heterocycles. The number of nitriles is 1. The van der Waals surface area contributed by atoms with Gasteiger partial charge in [0.1, 0.15) is 11.1 Å². The van der Waals surface area contributed by atoms with E-state index in [9.17, 15) is 14.9 Å². The van der Waals surface area contributed by atoms with Crippen molar-refractivity contribution < 1.29 is 23.5 Å². The molecule has 28 heavy (non-hydrogen) atoms. The van der Waals surface area contributed by atoms with Crippen molar-refractivity contribution in [1.82, 2.24) is 0 Å². The Balaban J connectivity index is 1.64. The molecule has 3 rings (SSSR count). The molecule has 1 atom stereocenters. The number of ether oxygens (including phenoxy) is 2. The summed E-state index contributed by atoms with van der Waals surface area (Å²) in [5, 5.41) is 12.9. The summed E-state index contributed by atoms with van der Waals surface area (Å²) in [6, 6.07) is 3.95. The standard InChI is InChI=1S/C20H20N2O5S/c1-2-26-20(24)27-12-14-3-5-15-16(10-21)19(28-17(15)9-14)22-18(23)6-4-13-7-8-25-11-13/h4,6-8,11,14H,2-3,5,9,12H2,1H3,(H,22,23)/b6-4+. The van der Waals surface area contributed by atoms with Crippen molar-refractivity contribution in [1.29, 1.82) is 5.26 Å². The number of furan rings is 1. The first-order valence-corrected chi connectivity index (χ1v) is 9.77. The highest BCUT2D eigenvalue weighted by molar-refractivity contribution is 7.16. The number of fused-ring (bicyclic) bond motifs is 1. The van der Waals surface area contributed by atoms with E-state index in [1.54, 1.807) is 19.1 Å². The topological polar surface area (TPSA) is 102 Å². The van der Waals surface area contributed by atoms with Crippen LogP contribution in [0.3, 0.4) is 0 Å². The van der Waals surface area contributed by atoms with Crippen LogP contribution in [-0.2, 0) is 27.1 Å². The summed E-state index contributed by atoms with van der Waals surface area (Å²) in [5.41, 5.74) is 2.29. The van der Waals surface area contributed by atoms with Crippen LogP contribution in [-0.4, -0.2) is 25.3 Å². The number of hydrogen-bond acceptors (Lipinski definition) is 7. The normalized spacial score (nSPS) is 15.6. The molecule has 0 aliphatic heterocycles. The molecule has 1 aliphatic carbocycles. The Morgan fingerprint density at radius 2 is 2.32 bits per heavy atom. The minimum absolute atomic E-state index is 0.173. The van der Waals surface area contributed by atoms with Crippen molar-refractivity contribution >= 4 is 34.5 Å². The fourth-order valence-corrected chi connectivity index (χ4v) is 4.36. The summed E-state index contributed by atoms with van der Waals surface area (Å²) in [5.74, 6) is -0.134. The first-order valence-electron chi connectivity index (χ1n) is 8.96. The number of carbonyl (C=O) groups is 2. The van der Waals surface area contributed by atoms with Crippen LogP contribution in [0, 0.1) is 17.2 Å². The first-order chi connectivity index (χ1) is 13.6. The Bertz CT molecular complexity index is 908. The van der Waals surface area contributed by atoms with Crippen LogP contribution in [0.4, 0.5) is 9.80 Å². The molecule has 0 bridgehead atoms. The summed E-state index contributed by atoms with van der Waals surface area (Å²) in [4.78, 5) is 24.6. The number of nitrogens with one attached hydrogen (secondary N) is 1. The fourth-order valence-electron chi connectivity index (χ4n) is 3.04. The van der Waals surface area contributed by atoms with E-state index in [-0.39, 0.29) is 25.0 Å². The highest BCUT2D eigenvalue weighted by Gasteiger charge is 2.27. The Morgan fingerprint density at radius 1 is 1.46 bits per heavy atom. The van der Waals surface area contributed by atoms with E-state index in [0.29, 0.717) is 23.4 Å². The molecule has 1 unspecified atom stereocenters. The Hall–Kier alpha value is -3.05. The van der Waals surface area contributed by atoms with Gasteiger partial charge in [-0.05, 0) is 49.8 Å². The molecule has 1 N–H and O–H groups in total. The van der Waals surface area contributed by atoms with Crippen LogP contribution in [0.25, 0.3) is 6.08 Å². The lowest BCUT2D eigenvalue weighted by molar-refractivity contribution is -0.111. The average molecular weight is 400 g/mol. The number of amides is 1. The molecule has 146 valence electrons. The zero-order valence-corrected chi connectivity index (χ0v) is 16.2. The molecular formula is C20H20N2O5S. The van der Waals surface area contributed by atoms with Gasteiger partial charge in [0.05, 0.1) is 31.3 Å². The second-order valence-corrected chi connectivity index (χ2v) is 7.41. The number of nitrogens with zero attached hydrogens (tertiary/aromatic N) is 1. The van der Waals surface area contributed by atoms with E-state index >= 15 is 0 Å². The van der Waals surface area contributed by atoms with Gasteiger partial charge in [0, 0.05) is 16.5 Å². The molecule has 2 heterocycles. The molecular weight excluding hydrogens is 380 g/mol. The molecule has 0 spiro atoms. The highest BCUT2D eigenvalue weighted by atomic mass is 32.1. The zero-order valence-electron chi connectivity index (χ0n) is 15.4. The summed E-state index contributed by atoms with van der Waals surface area (Å²) in [6.45, 7) is 2.29. The van der Waals surface area contributed by atoms with Crippen LogP contribution in [0.5, 0.6) is 0 Å². The van der Waals surface area contributed by atoms with E-state index in [1.807, 2.05) is 0 Å². The molecule has 1 amide bonds. The van der Waals surface area contributed by atoms with Gasteiger partial charge >= 0.3 is 6.16 Å². The van der Waals surface area contributed by atoms with Crippen molar-refractivity contribution in [3.05, 3.63) is 46.2 Å². The smallest absolute Gasteiger partial charge is 0.472 e. The van der Waals surface area contributed by atoms with Gasteiger partial charge in [0.2, 0.25) is 5.91 Å².